The van der Waals surface area contributed by atoms with E-state index >= 15 is 0 Å². The van der Waals surface area contributed by atoms with Gasteiger partial charge in [-0.1, -0.05) is 0 Å². The molecule has 0 radical (unpaired) electrons. The van der Waals surface area contributed by atoms with Crippen molar-refractivity contribution in [3.8, 4) is 0 Å². The van der Waals surface area contributed by atoms with E-state index in [-0.39, 0.29) is 26.2 Å². The summed E-state index contributed by atoms with van der Waals surface area (Å²) in [6.07, 6.45) is 0. The minimum atomic E-state index is -3.11. The Morgan fingerprint density at radius 1 is 0.342 bits per heavy atom. The Bertz CT molecular complexity index is 581. The van der Waals surface area contributed by atoms with Crippen LogP contribution < -0.4 is 0 Å². The maximum absolute atomic E-state index is 11.5. The molecule has 22 heteroatoms. The van der Waals surface area contributed by atoms with E-state index in [1.54, 1.807) is 0 Å². The molecular weight excluding hydrogens is 748 g/mol. The molecule has 0 aromatic carbocycles. The summed E-state index contributed by atoms with van der Waals surface area (Å²) in [5.41, 5.74) is 0. The van der Waals surface area contributed by atoms with Crippen LogP contribution in [0.1, 0.15) is 0 Å². The molecule has 0 N–H and O–H groups in total. The first-order valence-corrected chi connectivity index (χ1v) is 27.7. The van der Waals surface area contributed by atoms with E-state index in [4.69, 9.17) is 74.4 Å². The Labute approximate surface area is 260 Å². The maximum atomic E-state index is 11.5. The summed E-state index contributed by atoms with van der Waals surface area (Å²) in [5.74, 6) is -3.52. The Balaban J connectivity index is 0. The zero-order valence-corrected chi connectivity index (χ0v) is 28.9. The molecule has 0 atom stereocenters. The number of hydrogen-bond acceptors (Lipinski definition) is 4. The van der Waals surface area contributed by atoms with Gasteiger partial charge >= 0.3 is 99.1 Å². The van der Waals surface area contributed by atoms with Crippen LogP contribution >= 0.6 is 74.4 Å². The molecule has 38 heavy (non-hydrogen) atoms. The number of hydrogen-bond donors (Lipinski definition) is 0. The number of amides is 4. The van der Waals surface area contributed by atoms with Gasteiger partial charge in [0.15, 0.2) is 0 Å². The van der Waals surface area contributed by atoms with Gasteiger partial charge in [-0.25, -0.2) is 0 Å². The number of carbonyl (C=O) groups is 4. The van der Waals surface area contributed by atoms with Crippen LogP contribution in [0.5, 0.6) is 0 Å². The van der Waals surface area contributed by atoms with Gasteiger partial charge < -0.3 is 61.7 Å². The molecule has 12 nitrogen and oxygen atoms in total. The first kappa shape index (κ1) is 41.6. The van der Waals surface area contributed by atoms with Crippen LogP contribution in [0.4, 0.5) is 0 Å². The zero-order valence-electron chi connectivity index (χ0n) is 19.7. The van der Waals surface area contributed by atoms with Crippen molar-refractivity contribution in [1.29, 1.82) is 0 Å². The van der Waals surface area contributed by atoms with Crippen LogP contribution in [0.2, 0.25) is 0 Å². The number of halogens is 8. The van der Waals surface area contributed by atoms with Gasteiger partial charge in [-0.15, -0.1) is 26.2 Å². The predicted molar refractivity (Wildman–Crippen MR) is 152 cm³/mol. The average Bonchev–Trinajstić information content (AvgIpc) is 2.78. The van der Waals surface area contributed by atoms with Crippen LogP contribution in [0, 0.1) is 0 Å². The second-order valence-corrected chi connectivity index (χ2v) is 37.2. The summed E-state index contributed by atoms with van der Waals surface area (Å²) in [6.45, 7) is 3.34. The summed E-state index contributed by atoms with van der Waals surface area (Å²) >= 11 is -6.22. The van der Waals surface area contributed by atoms with Crippen LogP contribution in [0.15, 0.2) is 0 Å². The second-order valence-electron chi connectivity index (χ2n) is 6.29. The summed E-state index contributed by atoms with van der Waals surface area (Å²) < 4.78 is 0. The Morgan fingerprint density at radius 3 is 0.632 bits per heavy atom. The Hall–Kier alpha value is 1.47. The standard InChI is InChI=1S/C16H28N8O4.8ClH.2Ti/c25-13-14(26)23-11-7-19-3-4-20-8-12-24-16(28)15(27)22-10-6-18-2-1-17-5-9-21-13;;;;;;;;;;/h1-12H2,(H4,21,22,23,24,25,26,27,28);8*1H;;/q-4;;;;;;;;;2*+4/p-12. The molecule has 1 fully saturated rings. The van der Waals surface area contributed by atoms with Crippen molar-refractivity contribution in [2.45, 2.75) is 0 Å². The molecule has 1 heterocycles. The molecule has 1 aliphatic heterocycles. The fraction of sp³-hybridized carbons (Fsp3) is 0.750. The van der Waals surface area contributed by atoms with Gasteiger partial charge in [0, 0.05) is 0 Å². The fourth-order valence-corrected chi connectivity index (χ4v) is 1.89. The first-order chi connectivity index (χ1) is 17.6. The number of rotatable bonds is 0. The zero-order chi connectivity index (χ0) is 29.5. The van der Waals surface area contributed by atoms with E-state index in [1.807, 2.05) is 0 Å². The minimum absolute atomic E-state index is 0.113. The van der Waals surface area contributed by atoms with Gasteiger partial charge in [0.05, 0.1) is 23.6 Å². The van der Waals surface area contributed by atoms with Crippen molar-refractivity contribution < 1.29 is 43.9 Å². The van der Waals surface area contributed by atoms with Crippen LogP contribution in [-0.4, -0.2) is 102 Å². The van der Waals surface area contributed by atoms with Crippen molar-refractivity contribution in [3.63, 3.8) is 0 Å². The van der Waals surface area contributed by atoms with Gasteiger partial charge in [0.25, 0.3) is 0 Å². The van der Waals surface area contributed by atoms with Crippen molar-refractivity contribution in [2.75, 3.05) is 78.5 Å². The van der Waals surface area contributed by atoms with E-state index in [0.717, 1.165) is 0 Å². The average molecular weight is 772 g/mol. The van der Waals surface area contributed by atoms with E-state index < -0.39 is 48.3 Å². The molecule has 0 aromatic rings. The third-order valence-electron chi connectivity index (χ3n) is 3.25. The van der Waals surface area contributed by atoms with Gasteiger partial charge in [0.2, 0.25) is 0 Å². The summed E-state index contributed by atoms with van der Waals surface area (Å²) in [6, 6.07) is 0. The molecule has 0 aromatic heterocycles. The summed E-state index contributed by atoms with van der Waals surface area (Å²) in [7, 11) is 40.1. The SMILES string of the molecule is O=C1[N-]CC[N-]CC[N-]CC[N-]C(=O)C(=O)[N-]CC[N-]CC[N-]CC[N-]C1=O.[Cl][Ti]([Cl])([Cl])[Cl].[Cl][Ti]([Cl])([Cl])[Cl]. The van der Waals surface area contributed by atoms with E-state index in [9.17, 15) is 19.2 Å². The Morgan fingerprint density at radius 2 is 0.474 bits per heavy atom. The fourth-order valence-electron chi connectivity index (χ4n) is 1.89. The van der Waals surface area contributed by atoms with Gasteiger partial charge in [-0.05, 0) is 0 Å². The van der Waals surface area contributed by atoms with E-state index in [1.165, 1.54) is 0 Å². The van der Waals surface area contributed by atoms with Gasteiger partial charge in [-0.3, -0.25) is 0 Å². The summed E-state index contributed by atoms with van der Waals surface area (Å²) in [5, 5.41) is 30.9. The second kappa shape index (κ2) is 26.1. The molecule has 0 aliphatic carbocycles. The quantitative estimate of drug-likeness (QED) is 0.199. The van der Waals surface area contributed by atoms with Crippen molar-refractivity contribution in [1.82, 2.24) is 0 Å². The Kier molecular flexibility index (Phi) is 28.6. The number of nitrogens with zero attached hydrogens (tertiary/aromatic N) is 8. The third kappa shape index (κ3) is 39.6. The molecule has 0 unspecified atom stereocenters. The molecule has 4 amide bonds. The van der Waals surface area contributed by atoms with Gasteiger partial charge in [0.1, 0.15) is 0 Å². The predicted octanol–water partition coefficient (Wildman–Crippen LogP) is 6.61. The number of carbonyl (C=O) groups excluding carboxylic acids is 4. The monoisotopic (exact) mass is 768 g/mol. The third-order valence-corrected chi connectivity index (χ3v) is 3.25. The van der Waals surface area contributed by atoms with E-state index in [0.29, 0.717) is 52.4 Å². The molecule has 0 bridgehead atoms. The van der Waals surface area contributed by atoms with E-state index in [2.05, 4.69) is 42.5 Å². The molecule has 1 aliphatic rings. The van der Waals surface area contributed by atoms with Crippen LogP contribution in [0.3, 0.4) is 0 Å². The first-order valence-electron chi connectivity index (χ1n) is 10.5. The topological polar surface area (TPSA) is 181 Å². The van der Waals surface area contributed by atoms with Crippen molar-refractivity contribution in [2.24, 2.45) is 0 Å². The summed E-state index contributed by atoms with van der Waals surface area (Å²) in [4.78, 5) is 45.9. The molecule has 1 saturated heterocycles. The van der Waals surface area contributed by atoms with Crippen LogP contribution in [-0.2, 0) is 43.9 Å². The molecular formula is C16H24Cl8N8O4Ti2-8. The molecule has 224 valence electrons. The van der Waals surface area contributed by atoms with Crippen molar-refractivity contribution in [3.05, 3.63) is 42.5 Å². The van der Waals surface area contributed by atoms with Gasteiger partial charge in [-0.2, -0.15) is 52.4 Å². The van der Waals surface area contributed by atoms with Crippen molar-refractivity contribution >= 4 is 98.1 Å². The molecule has 1 rings (SSSR count). The molecule has 0 saturated carbocycles. The van der Waals surface area contributed by atoms with Crippen LogP contribution in [0.25, 0.3) is 42.5 Å². The molecule has 0 spiro atoms. The normalized spacial score (nSPS) is 18.9.